The number of nitrogens with one attached hydrogen (secondary N) is 2. The summed E-state index contributed by atoms with van der Waals surface area (Å²) in [6.07, 6.45) is 1.07. The van der Waals surface area contributed by atoms with Gasteiger partial charge in [-0.1, -0.05) is 20.8 Å². The fourth-order valence-electron chi connectivity index (χ4n) is 2.80. The fourth-order valence-corrected chi connectivity index (χ4v) is 3.65. The third-order valence-corrected chi connectivity index (χ3v) is 5.29. The van der Waals surface area contributed by atoms with Crippen LogP contribution in [-0.4, -0.2) is 69.2 Å². The van der Waals surface area contributed by atoms with Crippen molar-refractivity contribution in [3.8, 4) is 0 Å². The molecule has 2 atom stereocenters. The fraction of sp³-hybridized carbons (Fsp3) is 0.857. The smallest absolute Gasteiger partial charge is 0.254 e. The zero-order valence-corrected chi connectivity index (χ0v) is 14.8. The molecule has 9 heteroatoms. The van der Waals surface area contributed by atoms with E-state index in [1.54, 1.807) is 0 Å². The van der Waals surface area contributed by atoms with Crippen molar-refractivity contribution in [3.05, 3.63) is 0 Å². The SMILES string of the molecule is CC(C)(C)CNC(=O)[C@H]1CN(S(C)(=O)=O)C[C@@]12OCCNC2=O. The highest BCUT2D eigenvalue weighted by Gasteiger charge is 2.59. The summed E-state index contributed by atoms with van der Waals surface area (Å²) >= 11 is 0. The minimum absolute atomic E-state index is 0.0533. The summed E-state index contributed by atoms with van der Waals surface area (Å²) in [5, 5.41) is 5.49. The number of sulfonamides is 1. The van der Waals surface area contributed by atoms with Gasteiger partial charge in [0, 0.05) is 19.6 Å². The number of nitrogens with zero attached hydrogens (tertiary/aromatic N) is 1. The second kappa shape index (κ2) is 6.03. The first kappa shape index (κ1) is 18.2. The van der Waals surface area contributed by atoms with Crippen molar-refractivity contribution in [1.82, 2.24) is 14.9 Å². The summed E-state index contributed by atoms with van der Waals surface area (Å²) in [4.78, 5) is 25.0. The highest BCUT2D eigenvalue weighted by Crippen LogP contribution is 2.35. The van der Waals surface area contributed by atoms with Crippen molar-refractivity contribution >= 4 is 21.8 Å². The molecule has 0 aliphatic carbocycles. The molecule has 0 bridgehead atoms. The van der Waals surface area contributed by atoms with Crippen LogP contribution in [0.1, 0.15) is 20.8 Å². The van der Waals surface area contributed by atoms with Crippen molar-refractivity contribution in [2.45, 2.75) is 26.4 Å². The van der Waals surface area contributed by atoms with Crippen LogP contribution in [0.5, 0.6) is 0 Å². The maximum atomic E-state index is 12.6. The molecule has 0 saturated carbocycles. The Kier molecular flexibility index (Phi) is 4.76. The molecule has 2 rings (SSSR count). The molecule has 2 aliphatic heterocycles. The number of carbonyl (C=O) groups is 2. The zero-order valence-electron chi connectivity index (χ0n) is 14.0. The Morgan fingerprint density at radius 1 is 1.48 bits per heavy atom. The van der Waals surface area contributed by atoms with Crippen molar-refractivity contribution in [3.63, 3.8) is 0 Å². The molecule has 2 aliphatic rings. The Morgan fingerprint density at radius 3 is 2.65 bits per heavy atom. The summed E-state index contributed by atoms with van der Waals surface area (Å²) < 4.78 is 30.5. The Bertz CT molecular complexity index is 598. The number of hydrogen-bond donors (Lipinski definition) is 2. The average molecular weight is 347 g/mol. The molecule has 0 aromatic heterocycles. The Morgan fingerprint density at radius 2 is 2.13 bits per heavy atom. The normalized spacial score (nSPS) is 29.6. The minimum atomic E-state index is -3.52. The molecular weight excluding hydrogens is 322 g/mol. The van der Waals surface area contributed by atoms with E-state index in [0.717, 1.165) is 10.6 Å². The lowest BCUT2D eigenvalue weighted by molar-refractivity contribution is -0.163. The van der Waals surface area contributed by atoms with Gasteiger partial charge >= 0.3 is 0 Å². The predicted octanol–water partition coefficient (Wildman–Crippen LogP) is -1.07. The molecule has 2 N–H and O–H groups in total. The molecule has 0 aromatic carbocycles. The van der Waals surface area contributed by atoms with Crippen molar-refractivity contribution in [2.24, 2.45) is 11.3 Å². The molecule has 0 radical (unpaired) electrons. The molecule has 0 unspecified atom stereocenters. The van der Waals surface area contributed by atoms with E-state index in [2.05, 4.69) is 10.6 Å². The molecule has 132 valence electrons. The van der Waals surface area contributed by atoms with Gasteiger partial charge in [-0.05, 0) is 5.41 Å². The summed E-state index contributed by atoms with van der Waals surface area (Å²) in [7, 11) is -3.52. The number of ether oxygens (including phenoxy) is 1. The monoisotopic (exact) mass is 347 g/mol. The maximum Gasteiger partial charge on any atom is 0.254 e. The van der Waals surface area contributed by atoms with Crippen LogP contribution < -0.4 is 10.6 Å². The second-order valence-electron chi connectivity index (χ2n) is 7.38. The van der Waals surface area contributed by atoms with Crippen molar-refractivity contribution in [2.75, 3.05) is 39.0 Å². The van der Waals surface area contributed by atoms with Gasteiger partial charge in [0.15, 0.2) is 5.60 Å². The molecular formula is C14H25N3O5S. The molecule has 2 fully saturated rings. The Balaban J connectivity index is 2.26. The predicted molar refractivity (Wildman–Crippen MR) is 84.1 cm³/mol. The van der Waals surface area contributed by atoms with Gasteiger partial charge in [-0.25, -0.2) is 8.42 Å². The second-order valence-corrected chi connectivity index (χ2v) is 9.36. The third kappa shape index (κ3) is 3.84. The third-order valence-electron chi connectivity index (χ3n) is 4.07. The van der Waals surface area contributed by atoms with Gasteiger partial charge in [-0.15, -0.1) is 0 Å². The highest BCUT2D eigenvalue weighted by atomic mass is 32.2. The van der Waals surface area contributed by atoms with Crippen LogP contribution in [0.25, 0.3) is 0 Å². The van der Waals surface area contributed by atoms with Crippen molar-refractivity contribution < 1.29 is 22.7 Å². The maximum absolute atomic E-state index is 12.6. The van der Waals surface area contributed by atoms with E-state index >= 15 is 0 Å². The van der Waals surface area contributed by atoms with Crippen LogP contribution in [0.4, 0.5) is 0 Å². The first-order chi connectivity index (χ1) is 10.5. The average Bonchev–Trinajstić information content (AvgIpc) is 2.79. The highest BCUT2D eigenvalue weighted by molar-refractivity contribution is 7.88. The first-order valence-corrected chi connectivity index (χ1v) is 9.46. The van der Waals surface area contributed by atoms with E-state index in [1.165, 1.54) is 0 Å². The van der Waals surface area contributed by atoms with Crippen LogP contribution in [0.3, 0.4) is 0 Å². The summed E-state index contributed by atoms with van der Waals surface area (Å²) in [5.41, 5.74) is -1.56. The number of carbonyl (C=O) groups excluding carboxylic acids is 2. The minimum Gasteiger partial charge on any atom is -0.361 e. The standard InChI is InChI=1S/C14H25N3O5S/c1-13(2,3)8-16-11(18)10-7-17(23(4,20)21)9-14(10)12(19)15-5-6-22-14/h10H,5-9H2,1-4H3,(H,15,19)(H,16,18)/t10-,14-/m1/s1. The largest absolute Gasteiger partial charge is 0.361 e. The van der Waals surface area contributed by atoms with Crippen LogP contribution >= 0.6 is 0 Å². The van der Waals surface area contributed by atoms with E-state index in [-0.39, 0.29) is 31.0 Å². The van der Waals surface area contributed by atoms with Crippen LogP contribution in [0.2, 0.25) is 0 Å². The topological polar surface area (TPSA) is 105 Å². The summed E-state index contributed by atoms with van der Waals surface area (Å²) in [6.45, 7) is 6.79. The number of rotatable bonds is 3. The first-order valence-electron chi connectivity index (χ1n) is 7.61. The van der Waals surface area contributed by atoms with Gasteiger partial charge in [0.25, 0.3) is 5.91 Å². The molecule has 23 heavy (non-hydrogen) atoms. The van der Waals surface area contributed by atoms with E-state index in [4.69, 9.17) is 4.74 Å². The zero-order chi connectivity index (χ0) is 17.5. The van der Waals surface area contributed by atoms with E-state index in [1.807, 2.05) is 20.8 Å². The van der Waals surface area contributed by atoms with E-state index in [0.29, 0.717) is 13.1 Å². The lowest BCUT2D eigenvalue weighted by atomic mass is 9.87. The molecule has 0 aromatic rings. The quantitative estimate of drug-likeness (QED) is 0.676. The molecule has 8 nitrogen and oxygen atoms in total. The van der Waals surface area contributed by atoms with Gasteiger partial charge in [0.2, 0.25) is 15.9 Å². The Hall–Kier alpha value is -1.19. The lowest BCUT2D eigenvalue weighted by Gasteiger charge is -2.36. The molecule has 1 spiro atoms. The van der Waals surface area contributed by atoms with Gasteiger partial charge in [-0.3, -0.25) is 9.59 Å². The van der Waals surface area contributed by atoms with Crippen LogP contribution in [0.15, 0.2) is 0 Å². The van der Waals surface area contributed by atoms with Gasteiger partial charge in [0.05, 0.1) is 25.3 Å². The van der Waals surface area contributed by atoms with E-state index < -0.39 is 27.4 Å². The number of amides is 2. The van der Waals surface area contributed by atoms with Crippen molar-refractivity contribution in [1.29, 1.82) is 0 Å². The van der Waals surface area contributed by atoms with Crippen LogP contribution in [-0.2, 0) is 24.3 Å². The van der Waals surface area contributed by atoms with Gasteiger partial charge in [-0.2, -0.15) is 4.31 Å². The van der Waals surface area contributed by atoms with Gasteiger partial charge < -0.3 is 15.4 Å². The molecule has 2 heterocycles. The molecule has 2 amide bonds. The number of hydrogen-bond acceptors (Lipinski definition) is 5. The summed E-state index contributed by atoms with van der Waals surface area (Å²) in [5.74, 6) is -1.64. The lowest BCUT2D eigenvalue weighted by Crippen LogP contribution is -2.62. The molecule has 2 saturated heterocycles. The number of morpholine rings is 1. The van der Waals surface area contributed by atoms with Gasteiger partial charge in [0.1, 0.15) is 0 Å². The van der Waals surface area contributed by atoms with E-state index in [9.17, 15) is 18.0 Å². The summed E-state index contributed by atoms with van der Waals surface area (Å²) in [6, 6.07) is 0. The van der Waals surface area contributed by atoms with Crippen LogP contribution in [0, 0.1) is 11.3 Å². The Labute approximate surface area is 137 Å².